The van der Waals surface area contributed by atoms with Crippen molar-refractivity contribution in [2.45, 2.75) is 30.7 Å². The largest absolute Gasteiger partial charge is 0.335 e. The van der Waals surface area contributed by atoms with Gasteiger partial charge in [0.05, 0.1) is 12.5 Å². The molecule has 25 heavy (non-hydrogen) atoms. The van der Waals surface area contributed by atoms with Crippen LogP contribution in [0.1, 0.15) is 30.5 Å². The SMILES string of the molecule is CSc1ccc(NC(=O)CC2c3ccccc3CCN2C(C)=O)cc1. The van der Waals surface area contributed by atoms with Gasteiger partial charge in [0, 0.05) is 24.1 Å². The van der Waals surface area contributed by atoms with Gasteiger partial charge in [-0.2, -0.15) is 0 Å². The fraction of sp³-hybridized carbons (Fsp3) is 0.300. The Morgan fingerprint density at radius 3 is 2.56 bits per heavy atom. The molecule has 0 spiro atoms. The number of carbonyl (C=O) groups excluding carboxylic acids is 2. The third-order valence-corrected chi connectivity index (χ3v) is 5.31. The number of thioether (sulfide) groups is 1. The van der Waals surface area contributed by atoms with E-state index in [2.05, 4.69) is 11.4 Å². The third-order valence-electron chi connectivity index (χ3n) is 4.57. The van der Waals surface area contributed by atoms with Gasteiger partial charge in [0.15, 0.2) is 0 Å². The molecule has 0 bridgehead atoms. The Morgan fingerprint density at radius 2 is 1.88 bits per heavy atom. The molecule has 0 radical (unpaired) electrons. The lowest BCUT2D eigenvalue weighted by atomic mass is 9.90. The van der Waals surface area contributed by atoms with Crippen LogP contribution in [0.15, 0.2) is 53.4 Å². The molecule has 2 aromatic rings. The Hall–Kier alpha value is -2.27. The third kappa shape index (κ3) is 4.04. The van der Waals surface area contributed by atoms with Crippen LogP contribution in [0, 0.1) is 0 Å². The molecular weight excluding hydrogens is 332 g/mol. The molecule has 1 unspecified atom stereocenters. The minimum Gasteiger partial charge on any atom is -0.335 e. The molecule has 0 saturated carbocycles. The number of nitrogens with zero attached hydrogens (tertiary/aromatic N) is 1. The summed E-state index contributed by atoms with van der Waals surface area (Å²) < 4.78 is 0. The summed E-state index contributed by atoms with van der Waals surface area (Å²) in [6.07, 6.45) is 3.12. The number of rotatable bonds is 4. The number of hydrogen-bond acceptors (Lipinski definition) is 3. The number of fused-ring (bicyclic) bond motifs is 1. The van der Waals surface area contributed by atoms with Crippen molar-refractivity contribution in [3.8, 4) is 0 Å². The highest BCUT2D eigenvalue weighted by Gasteiger charge is 2.30. The molecule has 0 saturated heterocycles. The predicted octanol–water partition coefficient (Wildman–Crippen LogP) is 3.88. The monoisotopic (exact) mass is 354 g/mol. The van der Waals surface area contributed by atoms with Crippen LogP contribution in [0.3, 0.4) is 0 Å². The summed E-state index contributed by atoms with van der Waals surface area (Å²) in [5.74, 6) is -0.0681. The van der Waals surface area contributed by atoms with E-state index < -0.39 is 0 Å². The molecule has 1 aliphatic heterocycles. The minimum absolute atomic E-state index is 0.0108. The van der Waals surface area contributed by atoms with Crippen LogP contribution in [0.25, 0.3) is 0 Å². The standard InChI is InChI=1S/C20H22N2O2S/c1-14(23)22-12-11-15-5-3-4-6-18(15)19(22)13-20(24)21-16-7-9-17(25-2)10-8-16/h3-10,19H,11-13H2,1-2H3,(H,21,24). The normalized spacial score (nSPS) is 16.2. The molecule has 1 heterocycles. The fourth-order valence-corrected chi connectivity index (χ4v) is 3.72. The first kappa shape index (κ1) is 17.5. The number of amides is 2. The molecule has 4 nitrogen and oxygen atoms in total. The summed E-state index contributed by atoms with van der Waals surface area (Å²) in [7, 11) is 0. The smallest absolute Gasteiger partial charge is 0.226 e. The van der Waals surface area contributed by atoms with Gasteiger partial charge in [-0.05, 0) is 48.1 Å². The van der Waals surface area contributed by atoms with Crippen molar-refractivity contribution in [1.29, 1.82) is 0 Å². The van der Waals surface area contributed by atoms with Gasteiger partial charge in [-0.15, -0.1) is 11.8 Å². The molecule has 0 fully saturated rings. The van der Waals surface area contributed by atoms with Gasteiger partial charge in [0.2, 0.25) is 11.8 Å². The van der Waals surface area contributed by atoms with Crippen LogP contribution in [0.2, 0.25) is 0 Å². The molecule has 0 aromatic heterocycles. The first-order valence-electron chi connectivity index (χ1n) is 8.37. The van der Waals surface area contributed by atoms with Gasteiger partial charge in [0.1, 0.15) is 0 Å². The van der Waals surface area contributed by atoms with E-state index in [4.69, 9.17) is 0 Å². The molecule has 1 aliphatic rings. The van der Waals surface area contributed by atoms with Crippen molar-refractivity contribution < 1.29 is 9.59 Å². The molecule has 2 amide bonds. The Morgan fingerprint density at radius 1 is 1.16 bits per heavy atom. The summed E-state index contributed by atoms with van der Waals surface area (Å²) in [6.45, 7) is 2.23. The summed E-state index contributed by atoms with van der Waals surface area (Å²) in [5, 5.41) is 2.94. The van der Waals surface area contributed by atoms with Crippen LogP contribution >= 0.6 is 11.8 Å². The quantitative estimate of drug-likeness (QED) is 0.848. The van der Waals surface area contributed by atoms with Crippen molar-refractivity contribution in [3.63, 3.8) is 0 Å². The lowest BCUT2D eigenvalue weighted by molar-refractivity contribution is -0.132. The maximum atomic E-state index is 12.6. The summed E-state index contributed by atoms with van der Waals surface area (Å²) in [6, 6.07) is 15.7. The Balaban J connectivity index is 1.76. The Kier molecular flexibility index (Phi) is 5.43. The molecule has 1 N–H and O–H groups in total. The highest BCUT2D eigenvalue weighted by atomic mass is 32.2. The lowest BCUT2D eigenvalue weighted by Crippen LogP contribution is -2.40. The molecular formula is C20H22N2O2S. The van der Waals surface area contributed by atoms with E-state index in [0.29, 0.717) is 6.54 Å². The van der Waals surface area contributed by atoms with Crippen LogP contribution < -0.4 is 5.32 Å². The van der Waals surface area contributed by atoms with Crippen molar-refractivity contribution in [2.24, 2.45) is 0 Å². The second kappa shape index (κ2) is 7.74. The van der Waals surface area contributed by atoms with Gasteiger partial charge in [-0.25, -0.2) is 0 Å². The molecule has 2 aromatic carbocycles. The van der Waals surface area contributed by atoms with Crippen molar-refractivity contribution in [3.05, 3.63) is 59.7 Å². The Labute approximate surface area is 152 Å². The minimum atomic E-state index is -0.201. The number of nitrogens with one attached hydrogen (secondary N) is 1. The zero-order valence-electron chi connectivity index (χ0n) is 14.5. The summed E-state index contributed by atoms with van der Waals surface area (Å²) in [4.78, 5) is 27.5. The maximum absolute atomic E-state index is 12.6. The van der Waals surface area contributed by atoms with Crippen LogP contribution in [-0.4, -0.2) is 29.5 Å². The van der Waals surface area contributed by atoms with E-state index in [0.717, 1.165) is 22.6 Å². The second-order valence-electron chi connectivity index (χ2n) is 6.16. The van der Waals surface area contributed by atoms with Crippen molar-refractivity contribution >= 4 is 29.3 Å². The molecule has 130 valence electrons. The van der Waals surface area contributed by atoms with Gasteiger partial charge in [0.25, 0.3) is 0 Å². The van der Waals surface area contributed by atoms with Crippen LogP contribution in [0.5, 0.6) is 0 Å². The number of anilines is 1. The number of carbonyl (C=O) groups is 2. The van der Waals surface area contributed by atoms with Crippen LogP contribution in [0.4, 0.5) is 5.69 Å². The highest BCUT2D eigenvalue weighted by molar-refractivity contribution is 7.98. The lowest BCUT2D eigenvalue weighted by Gasteiger charge is -2.36. The molecule has 5 heteroatoms. The molecule has 3 rings (SSSR count). The van der Waals surface area contributed by atoms with Gasteiger partial charge < -0.3 is 10.2 Å². The zero-order chi connectivity index (χ0) is 17.8. The maximum Gasteiger partial charge on any atom is 0.226 e. The van der Waals surface area contributed by atoms with E-state index in [-0.39, 0.29) is 24.3 Å². The van der Waals surface area contributed by atoms with Crippen molar-refractivity contribution in [2.75, 3.05) is 18.1 Å². The van der Waals surface area contributed by atoms with E-state index in [1.165, 1.54) is 5.56 Å². The fourth-order valence-electron chi connectivity index (χ4n) is 3.31. The highest BCUT2D eigenvalue weighted by Crippen LogP contribution is 2.32. The van der Waals surface area contributed by atoms with E-state index in [1.54, 1.807) is 23.6 Å². The average molecular weight is 354 g/mol. The molecule has 1 atom stereocenters. The summed E-state index contributed by atoms with van der Waals surface area (Å²) >= 11 is 1.66. The topological polar surface area (TPSA) is 49.4 Å². The zero-order valence-corrected chi connectivity index (χ0v) is 15.3. The number of benzene rings is 2. The second-order valence-corrected chi connectivity index (χ2v) is 7.04. The summed E-state index contributed by atoms with van der Waals surface area (Å²) in [5.41, 5.74) is 3.08. The van der Waals surface area contributed by atoms with E-state index in [1.807, 2.05) is 48.7 Å². The van der Waals surface area contributed by atoms with E-state index >= 15 is 0 Å². The van der Waals surface area contributed by atoms with E-state index in [9.17, 15) is 9.59 Å². The Bertz CT molecular complexity index is 774. The average Bonchev–Trinajstić information content (AvgIpc) is 2.62. The first-order chi connectivity index (χ1) is 12.1. The number of hydrogen-bond donors (Lipinski definition) is 1. The van der Waals surface area contributed by atoms with Gasteiger partial charge in [-0.1, -0.05) is 24.3 Å². The predicted molar refractivity (Wildman–Crippen MR) is 102 cm³/mol. The molecule has 0 aliphatic carbocycles. The van der Waals surface area contributed by atoms with Gasteiger partial charge >= 0.3 is 0 Å². The van der Waals surface area contributed by atoms with Crippen LogP contribution in [-0.2, 0) is 16.0 Å². The van der Waals surface area contributed by atoms with Gasteiger partial charge in [-0.3, -0.25) is 9.59 Å². The first-order valence-corrected chi connectivity index (χ1v) is 9.60. The van der Waals surface area contributed by atoms with Crippen molar-refractivity contribution in [1.82, 2.24) is 4.90 Å².